The summed E-state index contributed by atoms with van der Waals surface area (Å²) < 4.78 is 19.8. The third kappa shape index (κ3) is 5.46. The van der Waals surface area contributed by atoms with Gasteiger partial charge in [-0.3, -0.25) is 9.59 Å². The number of hydrogen-bond acceptors (Lipinski definition) is 4. The van der Waals surface area contributed by atoms with Gasteiger partial charge in [0.15, 0.2) is 0 Å². The van der Waals surface area contributed by atoms with E-state index in [0.29, 0.717) is 23.7 Å². The molecule has 3 aromatic carbocycles. The van der Waals surface area contributed by atoms with Gasteiger partial charge in [0.1, 0.15) is 23.9 Å². The summed E-state index contributed by atoms with van der Waals surface area (Å²) in [6, 6.07) is 25.4. The maximum atomic E-state index is 13.0. The highest BCUT2D eigenvalue weighted by molar-refractivity contribution is 5.75. The summed E-state index contributed by atoms with van der Waals surface area (Å²) in [6.45, 7) is 0.119. The van der Waals surface area contributed by atoms with E-state index in [9.17, 15) is 14.0 Å². The number of carbonyl (C=O) groups is 1. The van der Waals surface area contributed by atoms with Crippen molar-refractivity contribution in [3.63, 3.8) is 0 Å². The first-order valence-electron chi connectivity index (χ1n) is 9.99. The van der Waals surface area contributed by atoms with Crippen molar-refractivity contribution >= 4 is 5.91 Å². The third-order valence-corrected chi connectivity index (χ3v) is 4.69. The van der Waals surface area contributed by atoms with Gasteiger partial charge in [-0.1, -0.05) is 42.5 Å². The number of hydrogen-bond donors (Lipinski definition) is 1. The van der Waals surface area contributed by atoms with Crippen LogP contribution in [0.25, 0.3) is 11.3 Å². The lowest BCUT2D eigenvalue weighted by atomic mass is 10.1. The van der Waals surface area contributed by atoms with Crippen LogP contribution in [0.1, 0.15) is 5.56 Å². The van der Waals surface area contributed by atoms with Crippen molar-refractivity contribution in [2.24, 2.45) is 0 Å². The maximum Gasteiger partial charge on any atom is 0.267 e. The van der Waals surface area contributed by atoms with E-state index in [4.69, 9.17) is 4.74 Å². The first kappa shape index (κ1) is 21.0. The van der Waals surface area contributed by atoms with Crippen LogP contribution in [0.4, 0.5) is 4.39 Å². The summed E-state index contributed by atoms with van der Waals surface area (Å²) in [5.74, 6) is 0.479. The lowest BCUT2D eigenvalue weighted by Crippen LogP contribution is -2.33. The molecule has 6 nitrogen and oxygen atoms in total. The van der Waals surface area contributed by atoms with Gasteiger partial charge in [0.25, 0.3) is 5.56 Å². The molecule has 0 saturated carbocycles. The molecule has 0 aliphatic rings. The number of ether oxygens (including phenoxy) is 1. The number of amides is 1. The second-order valence-corrected chi connectivity index (χ2v) is 7.06. The van der Waals surface area contributed by atoms with Gasteiger partial charge in [0, 0.05) is 18.2 Å². The van der Waals surface area contributed by atoms with Gasteiger partial charge in [0.2, 0.25) is 5.91 Å². The van der Waals surface area contributed by atoms with Gasteiger partial charge < -0.3 is 10.1 Å². The average molecular weight is 429 g/mol. The summed E-state index contributed by atoms with van der Waals surface area (Å²) in [5, 5.41) is 7.09. The highest BCUT2D eigenvalue weighted by Crippen LogP contribution is 2.21. The molecule has 7 heteroatoms. The van der Waals surface area contributed by atoms with E-state index >= 15 is 0 Å². The zero-order chi connectivity index (χ0) is 22.3. The minimum Gasteiger partial charge on any atom is -0.457 e. The minimum absolute atomic E-state index is 0.175. The van der Waals surface area contributed by atoms with Crippen LogP contribution in [-0.4, -0.2) is 15.7 Å². The van der Waals surface area contributed by atoms with Gasteiger partial charge in [-0.15, -0.1) is 0 Å². The highest BCUT2D eigenvalue weighted by atomic mass is 19.1. The van der Waals surface area contributed by atoms with Gasteiger partial charge in [-0.25, -0.2) is 9.07 Å². The molecular weight excluding hydrogens is 409 g/mol. The number of nitrogens with one attached hydrogen (secondary N) is 1. The molecule has 0 aliphatic heterocycles. The van der Waals surface area contributed by atoms with Gasteiger partial charge in [-0.2, -0.15) is 5.10 Å². The molecule has 160 valence electrons. The Kier molecular flexibility index (Phi) is 6.36. The largest absolute Gasteiger partial charge is 0.457 e. The molecule has 0 aliphatic carbocycles. The number of benzene rings is 3. The predicted molar refractivity (Wildman–Crippen MR) is 119 cm³/mol. The van der Waals surface area contributed by atoms with Crippen molar-refractivity contribution in [2.45, 2.75) is 13.1 Å². The molecule has 0 unspecified atom stereocenters. The maximum absolute atomic E-state index is 13.0. The Balaban J connectivity index is 1.34. The summed E-state index contributed by atoms with van der Waals surface area (Å²) >= 11 is 0. The Bertz CT molecular complexity index is 1250. The Morgan fingerprint density at radius 2 is 1.53 bits per heavy atom. The van der Waals surface area contributed by atoms with Crippen molar-refractivity contribution in [3.8, 4) is 22.8 Å². The monoisotopic (exact) mass is 429 g/mol. The molecule has 1 aromatic heterocycles. The average Bonchev–Trinajstić information content (AvgIpc) is 2.82. The molecule has 4 rings (SSSR count). The van der Waals surface area contributed by atoms with Gasteiger partial charge in [-0.05, 0) is 48.0 Å². The molecule has 4 aromatic rings. The second-order valence-electron chi connectivity index (χ2n) is 7.06. The number of halogens is 1. The van der Waals surface area contributed by atoms with E-state index in [0.717, 1.165) is 15.8 Å². The predicted octanol–water partition coefficient (Wildman–Crippen LogP) is 4.16. The van der Waals surface area contributed by atoms with Crippen molar-refractivity contribution in [1.82, 2.24) is 15.1 Å². The SMILES string of the molecule is O=C(Cn1nc(-c2ccccc2)ccc1=O)NCc1ccc(Oc2ccc(F)cc2)cc1. The van der Waals surface area contributed by atoms with Crippen LogP contribution in [0.5, 0.6) is 11.5 Å². The smallest absolute Gasteiger partial charge is 0.267 e. The number of nitrogens with zero attached hydrogens (tertiary/aromatic N) is 2. The van der Waals surface area contributed by atoms with E-state index < -0.39 is 0 Å². The van der Waals surface area contributed by atoms with Crippen molar-refractivity contribution in [3.05, 3.63) is 113 Å². The standard InChI is InChI=1S/C25H20FN3O3/c26-20-8-12-22(13-9-20)32-21-10-6-18(7-11-21)16-27-24(30)17-29-25(31)15-14-23(28-29)19-4-2-1-3-5-19/h1-15H,16-17H2,(H,27,30). The molecule has 0 spiro atoms. The molecule has 1 amide bonds. The van der Waals surface area contributed by atoms with Crippen molar-refractivity contribution in [1.29, 1.82) is 0 Å². The Hall–Kier alpha value is -4.26. The fraction of sp³-hybridized carbons (Fsp3) is 0.0800. The first-order valence-corrected chi connectivity index (χ1v) is 9.99. The topological polar surface area (TPSA) is 73.2 Å². The quantitative estimate of drug-likeness (QED) is 0.479. The highest BCUT2D eigenvalue weighted by Gasteiger charge is 2.08. The number of aromatic nitrogens is 2. The van der Waals surface area contributed by atoms with Crippen LogP contribution < -0.4 is 15.6 Å². The molecule has 0 atom stereocenters. The van der Waals surface area contributed by atoms with Crippen LogP contribution in [0.2, 0.25) is 0 Å². The molecular formula is C25H20FN3O3. The minimum atomic E-state index is -0.345. The molecule has 1 N–H and O–H groups in total. The summed E-state index contributed by atoms with van der Waals surface area (Å²) in [4.78, 5) is 24.5. The second kappa shape index (κ2) is 9.70. The lowest BCUT2D eigenvalue weighted by Gasteiger charge is -2.09. The fourth-order valence-electron chi connectivity index (χ4n) is 3.03. The molecule has 1 heterocycles. The van der Waals surface area contributed by atoms with Crippen LogP contribution in [0, 0.1) is 5.82 Å². The molecule has 32 heavy (non-hydrogen) atoms. The Morgan fingerprint density at radius 1 is 0.875 bits per heavy atom. The lowest BCUT2D eigenvalue weighted by molar-refractivity contribution is -0.122. The van der Waals surface area contributed by atoms with Crippen LogP contribution >= 0.6 is 0 Å². The molecule has 0 radical (unpaired) electrons. The Labute approximate surface area is 183 Å². The van der Waals surface area contributed by atoms with E-state index in [1.54, 1.807) is 30.3 Å². The van der Waals surface area contributed by atoms with E-state index in [-0.39, 0.29) is 23.8 Å². The summed E-state index contributed by atoms with van der Waals surface area (Å²) in [7, 11) is 0. The molecule has 0 saturated heterocycles. The zero-order valence-electron chi connectivity index (χ0n) is 17.1. The normalized spacial score (nSPS) is 10.5. The van der Waals surface area contributed by atoms with E-state index in [2.05, 4.69) is 10.4 Å². The van der Waals surface area contributed by atoms with E-state index in [1.807, 2.05) is 42.5 Å². The molecule has 0 fully saturated rings. The van der Waals surface area contributed by atoms with Gasteiger partial charge in [0.05, 0.1) is 5.69 Å². The fourth-order valence-corrected chi connectivity index (χ4v) is 3.03. The Morgan fingerprint density at radius 3 is 2.22 bits per heavy atom. The summed E-state index contributed by atoms with van der Waals surface area (Å²) in [6.07, 6.45) is 0. The van der Waals surface area contributed by atoms with Crippen molar-refractivity contribution in [2.75, 3.05) is 0 Å². The zero-order valence-corrected chi connectivity index (χ0v) is 17.1. The van der Waals surface area contributed by atoms with E-state index in [1.165, 1.54) is 18.2 Å². The first-order chi connectivity index (χ1) is 15.6. The van der Waals surface area contributed by atoms with Crippen molar-refractivity contribution < 1.29 is 13.9 Å². The number of carbonyl (C=O) groups excluding carboxylic acids is 1. The summed E-state index contributed by atoms with van der Waals surface area (Å²) in [5.41, 5.74) is 2.00. The van der Waals surface area contributed by atoms with Gasteiger partial charge >= 0.3 is 0 Å². The number of rotatable bonds is 7. The molecule has 0 bridgehead atoms. The van der Waals surface area contributed by atoms with Crippen LogP contribution in [0.3, 0.4) is 0 Å². The van der Waals surface area contributed by atoms with Crippen LogP contribution in [-0.2, 0) is 17.9 Å². The third-order valence-electron chi connectivity index (χ3n) is 4.69. The van der Waals surface area contributed by atoms with Crippen LogP contribution in [0.15, 0.2) is 95.8 Å².